The summed E-state index contributed by atoms with van der Waals surface area (Å²) in [5.41, 5.74) is 5.71. The number of fused-ring (bicyclic) bond motifs is 1. The van der Waals surface area contributed by atoms with Gasteiger partial charge in [0.05, 0.1) is 6.20 Å². The predicted molar refractivity (Wildman–Crippen MR) is 70.0 cm³/mol. The molecule has 0 amide bonds. The van der Waals surface area contributed by atoms with Crippen molar-refractivity contribution in [2.75, 3.05) is 0 Å². The minimum Gasteiger partial charge on any atom is -0.275 e. The Hall–Kier alpha value is -1.57. The van der Waals surface area contributed by atoms with Gasteiger partial charge in [0.1, 0.15) is 0 Å². The molecule has 2 nitrogen and oxygen atoms in total. The number of rotatable bonds is 1. The maximum Gasteiger partial charge on any atom is 0.0568 e. The molecule has 17 heavy (non-hydrogen) atoms. The number of hydrogen-bond acceptors (Lipinski definition) is 1. The molecule has 0 aliphatic heterocycles. The van der Waals surface area contributed by atoms with E-state index < -0.39 is 0 Å². The minimum atomic E-state index is 0.676. The van der Waals surface area contributed by atoms with Gasteiger partial charge in [0.15, 0.2) is 0 Å². The molecule has 1 aliphatic carbocycles. The van der Waals surface area contributed by atoms with Gasteiger partial charge in [-0.05, 0) is 41.9 Å². The topological polar surface area (TPSA) is 17.8 Å². The molecule has 2 aromatic rings. The van der Waals surface area contributed by atoms with Crippen molar-refractivity contribution < 1.29 is 0 Å². The maximum atomic E-state index is 4.28. The molecule has 0 saturated heterocycles. The first kappa shape index (κ1) is 10.6. The number of benzene rings is 1. The molecule has 0 saturated carbocycles. The van der Waals surface area contributed by atoms with Crippen LogP contribution in [0.1, 0.15) is 36.8 Å². The number of aryl methyl sites for hydroxylation is 2. The standard InChI is InChI=1S/C15H18N2/c1-11-5-3-6-12-7-4-8-14(15(11)12)13-9-16-17(2)10-13/h4,7-11H,3,5-6H2,1-2H3. The highest BCUT2D eigenvalue weighted by Crippen LogP contribution is 2.38. The quantitative estimate of drug-likeness (QED) is 0.727. The fourth-order valence-electron chi connectivity index (χ4n) is 2.97. The molecule has 0 radical (unpaired) electrons. The molecule has 1 unspecified atom stereocenters. The molecule has 3 rings (SSSR count). The third-order valence-corrected chi connectivity index (χ3v) is 3.79. The van der Waals surface area contributed by atoms with Crippen LogP contribution in [-0.2, 0) is 13.5 Å². The molecule has 88 valence electrons. The van der Waals surface area contributed by atoms with E-state index in [4.69, 9.17) is 0 Å². The third-order valence-electron chi connectivity index (χ3n) is 3.79. The normalized spacial score (nSPS) is 19.1. The number of nitrogens with zero attached hydrogens (tertiary/aromatic N) is 2. The Kier molecular flexibility index (Phi) is 2.50. The van der Waals surface area contributed by atoms with Gasteiger partial charge in [-0.2, -0.15) is 5.10 Å². The molecule has 1 heterocycles. The minimum absolute atomic E-state index is 0.676. The van der Waals surface area contributed by atoms with E-state index in [1.54, 1.807) is 5.56 Å². The molecule has 0 fully saturated rings. The molecule has 2 heteroatoms. The van der Waals surface area contributed by atoms with Crippen LogP contribution in [0.3, 0.4) is 0 Å². The summed E-state index contributed by atoms with van der Waals surface area (Å²) in [4.78, 5) is 0. The van der Waals surface area contributed by atoms with Gasteiger partial charge in [0.25, 0.3) is 0 Å². The molecule has 0 spiro atoms. The first-order valence-corrected chi connectivity index (χ1v) is 6.36. The zero-order valence-electron chi connectivity index (χ0n) is 10.5. The van der Waals surface area contributed by atoms with Crippen LogP contribution in [0.15, 0.2) is 30.6 Å². The van der Waals surface area contributed by atoms with Crippen molar-refractivity contribution in [2.45, 2.75) is 32.1 Å². The molecule has 1 atom stereocenters. The van der Waals surface area contributed by atoms with Crippen molar-refractivity contribution in [2.24, 2.45) is 7.05 Å². The summed E-state index contributed by atoms with van der Waals surface area (Å²) < 4.78 is 1.88. The zero-order valence-corrected chi connectivity index (χ0v) is 10.5. The molecule has 0 bridgehead atoms. The Balaban J connectivity index is 2.17. The van der Waals surface area contributed by atoms with Gasteiger partial charge in [-0.25, -0.2) is 0 Å². The first-order chi connectivity index (χ1) is 8.25. The summed E-state index contributed by atoms with van der Waals surface area (Å²) in [6.45, 7) is 2.35. The van der Waals surface area contributed by atoms with Crippen LogP contribution in [0.2, 0.25) is 0 Å². The Morgan fingerprint density at radius 3 is 3.00 bits per heavy atom. The van der Waals surface area contributed by atoms with Crippen LogP contribution in [0, 0.1) is 0 Å². The predicted octanol–water partition coefficient (Wildman–Crippen LogP) is 3.53. The lowest BCUT2D eigenvalue weighted by atomic mass is 9.80. The Morgan fingerprint density at radius 1 is 1.35 bits per heavy atom. The summed E-state index contributed by atoms with van der Waals surface area (Å²) in [5.74, 6) is 0.676. The zero-order chi connectivity index (χ0) is 11.8. The smallest absolute Gasteiger partial charge is 0.0568 e. The van der Waals surface area contributed by atoms with Crippen molar-refractivity contribution in [3.8, 4) is 11.1 Å². The van der Waals surface area contributed by atoms with Crippen molar-refractivity contribution in [1.82, 2.24) is 9.78 Å². The lowest BCUT2D eigenvalue weighted by Gasteiger charge is -2.25. The first-order valence-electron chi connectivity index (χ1n) is 6.36. The van der Waals surface area contributed by atoms with E-state index in [9.17, 15) is 0 Å². The SMILES string of the molecule is CC1CCCc2cccc(-c3cnn(C)c3)c21. The van der Waals surface area contributed by atoms with E-state index in [2.05, 4.69) is 36.4 Å². The van der Waals surface area contributed by atoms with Crippen LogP contribution in [0.25, 0.3) is 11.1 Å². The third kappa shape index (κ3) is 1.78. The summed E-state index contributed by atoms with van der Waals surface area (Å²) in [6.07, 6.45) is 7.94. The van der Waals surface area contributed by atoms with E-state index in [-0.39, 0.29) is 0 Å². The van der Waals surface area contributed by atoms with E-state index in [0.717, 1.165) is 0 Å². The highest BCUT2D eigenvalue weighted by Gasteiger charge is 2.20. The summed E-state index contributed by atoms with van der Waals surface area (Å²) in [5, 5.41) is 4.28. The van der Waals surface area contributed by atoms with Crippen LogP contribution in [0.5, 0.6) is 0 Å². The fourth-order valence-corrected chi connectivity index (χ4v) is 2.97. The maximum absolute atomic E-state index is 4.28. The van der Waals surface area contributed by atoms with Crippen molar-refractivity contribution in [3.63, 3.8) is 0 Å². The highest BCUT2D eigenvalue weighted by atomic mass is 15.2. The molecule has 1 aliphatic rings. The Morgan fingerprint density at radius 2 is 2.24 bits per heavy atom. The number of hydrogen-bond donors (Lipinski definition) is 0. The van der Waals surface area contributed by atoms with Crippen molar-refractivity contribution in [1.29, 1.82) is 0 Å². The van der Waals surface area contributed by atoms with Crippen molar-refractivity contribution >= 4 is 0 Å². The monoisotopic (exact) mass is 226 g/mol. The van der Waals surface area contributed by atoms with Crippen molar-refractivity contribution in [3.05, 3.63) is 41.7 Å². The van der Waals surface area contributed by atoms with Gasteiger partial charge in [0.2, 0.25) is 0 Å². The lowest BCUT2D eigenvalue weighted by molar-refractivity contribution is 0.591. The average Bonchev–Trinajstić information content (AvgIpc) is 2.75. The summed E-state index contributed by atoms with van der Waals surface area (Å²) in [7, 11) is 1.97. The Bertz CT molecular complexity index is 540. The fraction of sp³-hybridized carbons (Fsp3) is 0.400. The van der Waals surface area contributed by atoms with Gasteiger partial charge in [-0.1, -0.05) is 25.1 Å². The van der Waals surface area contributed by atoms with Gasteiger partial charge < -0.3 is 0 Å². The van der Waals surface area contributed by atoms with E-state index in [1.807, 2.05) is 17.9 Å². The highest BCUT2D eigenvalue weighted by molar-refractivity contribution is 5.68. The van der Waals surface area contributed by atoms with E-state index >= 15 is 0 Å². The van der Waals surface area contributed by atoms with Gasteiger partial charge >= 0.3 is 0 Å². The average molecular weight is 226 g/mol. The Labute approximate surface area is 102 Å². The van der Waals surface area contributed by atoms with E-state index in [1.165, 1.54) is 36.0 Å². The molecule has 0 N–H and O–H groups in total. The summed E-state index contributed by atoms with van der Waals surface area (Å²) in [6, 6.07) is 6.70. The second-order valence-corrected chi connectivity index (χ2v) is 5.07. The second kappa shape index (κ2) is 4.02. The summed E-state index contributed by atoms with van der Waals surface area (Å²) >= 11 is 0. The largest absolute Gasteiger partial charge is 0.275 e. The van der Waals surface area contributed by atoms with Gasteiger partial charge in [0, 0.05) is 18.8 Å². The van der Waals surface area contributed by atoms with Crippen LogP contribution >= 0.6 is 0 Å². The van der Waals surface area contributed by atoms with E-state index in [0.29, 0.717) is 5.92 Å². The molecule has 1 aromatic carbocycles. The van der Waals surface area contributed by atoms with Crippen LogP contribution in [0.4, 0.5) is 0 Å². The van der Waals surface area contributed by atoms with Gasteiger partial charge in [-0.3, -0.25) is 4.68 Å². The van der Waals surface area contributed by atoms with Gasteiger partial charge in [-0.15, -0.1) is 0 Å². The molecular formula is C15H18N2. The number of aromatic nitrogens is 2. The molecule has 1 aromatic heterocycles. The molecular weight excluding hydrogens is 208 g/mol. The van der Waals surface area contributed by atoms with Crippen LogP contribution < -0.4 is 0 Å². The second-order valence-electron chi connectivity index (χ2n) is 5.07. The van der Waals surface area contributed by atoms with Crippen LogP contribution in [-0.4, -0.2) is 9.78 Å². The lowest BCUT2D eigenvalue weighted by Crippen LogP contribution is -2.08.